The van der Waals surface area contributed by atoms with Crippen LogP contribution in [0.3, 0.4) is 0 Å². The highest BCUT2D eigenvalue weighted by atomic mass is 79.9. The van der Waals surface area contributed by atoms with Crippen LogP contribution >= 0.6 is 15.9 Å². The molecule has 0 spiro atoms. The lowest BCUT2D eigenvalue weighted by Gasteiger charge is -2.22. The summed E-state index contributed by atoms with van der Waals surface area (Å²) in [5, 5.41) is 0. The van der Waals surface area contributed by atoms with Gasteiger partial charge in [-0.25, -0.2) is 14.2 Å². The Bertz CT molecular complexity index is 1140. The third-order valence-electron chi connectivity index (χ3n) is 5.52. The number of hydrogen-bond acceptors (Lipinski definition) is 4. The maximum Gasteiger partial charge on any atom is 0.340 e. The number of aromatic nitrogens is 2. The van der Waals surface area contributed by atoms with E-state index in [1.807, 2.05) is 26.0 Å². The standard InChI is InChI=1S/C25H24BrFN2O2/c1-4-31-25(30)22-21(15-8-10-16(27)11-9-15)18-6-5-7-19-17(12-13-20(26)28-19)24(18)29-23(22)14(2)3/h8-14H,4-7H2,1-3H3. The molecule has 3 aromatic rings. The molecule has 160 valence electrons. The molecule has 0 N–H and O–H groups in total. The van der Waals surface area contributed by atoms with Crippen LogP contribution in [0.4, 0.5) is 4.39 Å². The highest BCUT2D eigenvalue weighted by molar-refractivity contribution is 9.10. The van der Waals surface area contributed by atoms with Gasteiger partial charge in [-0.2, -0.15) is 0 Å². The van der Waals surface area contributed by atoms with Crippen LogP contribution < -0.4 is 0 Å². The van der Waals surface area contributed by atoms with E-state index in [4.69, 9.17) is 9.72 Å². The Labute approximate surface area is 190 Å². The summed E-state index contributed by atoms with van der Waals surface area (Å²) < 4.78 is 19.9. The molecule has 4 nitrogen and oxygen atoms in total. The molecule has 2 heterocycles. The van der Waals surface area contributed by atoms with Crippen molar-refractivity contribution >= 4 is 21.9 Å². The number of benzene rings is 1. The fraction of sp³-hybridized carbons (Fsp3) is 0.320. The van der Waals surface area contributed by atoms with E-state index in [0.29, 0.717) is 11.3 Å². The topological polar surface area (TPSA) is 52.1 Å². The smallest absolute Gasteiger partial charge is 0.340 e. The number of rotatable bonds is 4. The number of halogens is 2. The molecule has 1 aliphatic rings. The van der Waals surface area contributed by atoms with Crippen LogP contribution in [0.1, 0.15) is 60.4 Å². The number of aryl methyl sites for hydroxylation is 1. The van der Waals surface area contributed by atoms with Gasteiger partial charge >= 0.3 is 5.97 Å². The zero-order chi connectivity index (χ0) is 22.1. The van der Waals surface area contributed by atoms with E-state index < -0.39 is 0 Å². The molecule has 0 saturated carbocycles. The average Bonchev–Trinajstić information content (AvgIpc) is 2.91. The molecule has 2 aromatic heterocycles. The first-order chi connectivity index (χ1) is 14.9. The minimum Gasteiger partial charge on any atom is -0.462 e. The highest BCUT2D eigenvalue weighted by Gasteiger charge is 2.30. The van der Waals surface area contributed by atoms with Crippen LogP contribution in [-0.4, -0.2) is 22.5 Å². The largest absolute Gasteiger partial charge is 0.462 e. The zero-order valence-corrected chi connectivity index (χ0v) is 19.4. The lowest BCUT2D eigenvalue weighted by Crippen LogP contribution is -2.16. The zero-order valence-electron chi connectivity index (χ0n) is 17.8. The van der Waals surface area contributed by atoms with E-state index in [1.54, 1.807) is 19.1 Å². The first-order valence-corrected chi connectivity index (χ1v) is 11.4. The molecule has 0 aliphatic heterocycles. The maximum atomic E-state index is 13.7. The van der Waals surface area contributed by atoms with Gasteiger partial charge in [0, 0.05) is 11.1 Å². The number of esters is 1. The summed E-state index contributed by atoms with van der Waals surface area (Å²) in [7, 11) is 0. The second-order valence-corrected chi connectivity index (χ2v) is 8.75. The Kier molecular flexibility index (Phi) is 6.19. The van der Waals surface area contributed by atoms with Crippen LogP contribution in [0.2, 0.25) is 0 Å². The molecule has 6 heteroatoms. The minimum atomic E-state index is -0.390. The molecule has 0 amide bonds. The molecule has 1 aromatic carbocycles. The number of carbonyl (C=O) groups is 1. The van der Waals surface area contributed by atoms with Gasteiger partial charge in [0.15, 0.2) is 0 Å². The molecule has 0 unspecified atom stereocenters. The number of fused-ring (bicyclic) bond motifs is 3. The molecule has 31 heavy (non-hydrogen) atoms. The average molecular weight is 483 g/mol. The Morgan fingerprint density at radius 3 is 2.55 bits per heavy atom. The van der Waals surface area contributed by atoms with Crippen LogP contribution in [-0.2, 0) is 17.6 Å². The van der Waals surface area contributed by atoms with Gasteiger partial charge in [-0.3, -0.25) is 4.98 Å². The third kappa shape index (κ3) is 4.13. The van der Waals surface area contributed by atoms with E-state index in [9.17, 15) is 9.18 Å². The Morgan fingerprint density at radius 1 is 1.13 bits per heavy atom. The molecule has 0 fully saturated rings. The van der Waals surface area contributed by atoms with E-state index >= 15 is 0 Å². The monoisotopic (exact) mass is 482 g/mol. The molecular weight excluding hydrogens is 459 g/mol. The van der Waals surface area contributed by atoms with Crippen LogP contribution in [0.5, 0.6) is 0 Å². The maximum absolute atomic E-state index is 13.7. The van der Waals surface area contributed by atoms with Crippen LogP contribution in [0.15, 0.2) is 41.0 Å². The summed E-state index contributed by atoms with van der Waals surface area (Å²) in [6, 6.07) is 10.3. The van der Waals surface area contributed by atoms with Crippen molar-refractivity contribution in [1.82, 2.24) is 9.97 Å². The number of hydrogen-bond donors (Lipinski definition) is 0. The van der Waals surface area contributed by atoms with Gasteiger partial charge in [-0.1, -0.05) is 26.0 Å². The minimum absolute atomic E-state index is 0.000912. The number of ether oxygens (including phenoxy) is 1. The normalized spacial score (nSPS) is 12.8. The summed E-state index contributed by atoms with van der Waals surface area (Å²) in [6.07, 6.45) is 2.44. The van der Waals surface area contributed by atoms with Crippen molar-refractivity contribution in [3.63, 3.8) is 0 Å². The van der Waals surface area contributed by atoms with Crippen LogP contribution in [0.25, 0.3) is 22.4 Å². The lowest BCUT2D eigenvalue weighted by atomic mass is 9.87. The van der Waals surface area contributed by atoms with Crippen molar-refractivity contribution in [1.29, 1.82) is 0 Å². The van der Waals surface area contributed by atoms with E-state index in [2.05, 4.69) is 20.9 Å². The molecule has 0 atom stereocenters. The Morgan fingerprint density at radius 2 is 1.87 bits per heavy atom. The first-order valence-electron chi connectivity index (χ1n) is 10.6. The van der Waals surface area contributed by atoms with Crippen molar-refractivity contribution in [2.75, 3.05) is 6.61 Å². The molecular formula is C25H24BrFN2O2. The van der Waals surface area contributed by atoms with Gasteiger partial charge in [0.1, 0.15) is 10.4 Å². The van der Waals surface area contributed by atoms with Gasteiger partial charge < -0.3 is 4.74 Å². The fourth-order valence-corrected chi connectivity index (χ4v) is 4.53. The van der Waals surface area contributed by atoms with Gasteiger partial charge in [0.25, 0.3) is 0 Å². The molecule has 0 radical (unpaired) electrons. The van der Waals surface area contributed by atoms with Crippen molar-refractivity contribution in [3.05, 3.63) is 69.3 Å². The second-order valence-electron chi connectivity index (χ2n) is 7.94. The highest BCUT2D eigenvalue weighted by Crippen LogP contribution is 2.41. The van der Waals surface area contributed by atoms with Crippen molar-refractivity contribution in [3.8, 4) is 22.4 Å². The number of carbonyl (C=O) groups excluding carboxylic acids is 1. The Balaban J connectivity index is 2.10. The summed E-state index contributed by atoms with van der Waals surface area (Å²) in [4.78, 5) is 22.8. The van der Waals surface area contributed by atoms with Gasteiger partial charge in [-0.15, -0.1) is 0 Å². The predicted octanol–water partition coefficient (Wildman–Crippen LogP) is 6.50. The fourth-order valence-electron chi connectivity index (χ4n) is 4.18. The van der Waals surface area contributed by atoms with Gasteiger partial charge in [0.05, 0.1) is 29.3 Å². The summed E-state index contributed by atoms with van der Waals surface area (Å²) >= 11 is 3.47. The Hall–Kier alpha value is -2.60. The predicted molar refractivity (Wildman–Crippen MR) is 123 cm³/mol. The molecule has 0 bridgehead atoms. The molecule has 1 aliphatic carbocycles. The first kappa shape index (κ1) is 21.6. The van der Waals surface area contributed by atoms with E-state index in [0.717, 1.165) is 57.5 Å². The quantitative estimate of drug-likeness (QED) is 0.314. The number of nitrogens with zero attached hydrogens (tertiary/aromatic N) is 2. The van der Waals surface area contributed by atoms with E-state index in [1.165, 1.54) is 12.1 Å². The summed E-state index contributed by atoms with van der Waals surface area (Å²) in [5.41, 5.74) is 6.57. The van der Waals surface area contributed by atoms with Crippen molar-refractivity contribution in [2.45, 2.75) is 46.0 Å². The molecule has 0 saturated heterocycles. The van der Waals surface area contributed by atoms with Crippen LogP contribution in [0, 0.1) is 5.82 Å². The third-order valence-corrected chi connectivity index (χ3v) is 5.96. The van der Waals surface area contributed by atoms with Crippen molar-refractivity contribution in [2.24, 2.45) is 0 Å². The second kappa shape index (κ2) is 8.87. The molecule has 4 rings (SSSR count). The van der Waals surface area contributed by atoms with Gasteiger partial charge in [0.2, 0.25) is 0 Å². The van der Waals surface area contributed by atoms with Crippen molar-refractivity contribution < 1.29 is 13.9 Å². The summed E-state index contributed by atoms with van der Waals surface area (Å²) in [6.45, 7) is 6.10. The van der Waals surface area contributed by atoms with E-state index in [-0.39, 0.29) is 24.3 Å². The summed E-state index contributed by atoms with van der Waals surface area (Å²) in [5.74, 6) is -0.705. The van der Waals surface area contributed by atoms with Gasteiger partial charge in [-0.05, 0) is 83.4 Å². The SMILES string of the molecule is CCOC(=O)c1c(C(C)C)nc2c(c1-c1ccc(F)cc1)CCCc1nc(Br)ccc1-2. The lowest BCUT2D eigenvalue weighted by molar-refractivity contribution is 0.0525. The number of pyridine rings is 2.